The summed E-state index contributed by atoms with van der Waals surface area (Å²) in [5.74, 6) is 0.787. The van der Waals surface area contributed by atoms with Crippen molar-refractivity contribution in [1.82, 2.24) is 15.1 Å². The number of guanidine groups is 1. The molecule has 2 rings (SSSR count). The molecule has 7 nitrogen and oxygen atoms in total. The van der Waals surface area contributed by atoms with Gasteiger partial charge in [0.15, 0.2) is 15.8 Å². The van der Waals surface area contributed by atoms with Gasteiger partial charge in [-0.25, -0.2) is 8.42 Å². The highest BCUT2D eigenvalue weighted by Gasteiger charge is 2.29. The van der Waals surface area contributed by atoms with E-state index in [2.05, 4.69) is 10.3 Å². The first kappa shape index (κ1) is 23.5. The zero-order valence-electron chi connectivity index (χ0n) is 17.6. The summed E-state index contributed by atoms with van der Waals surface area (Å²) in [6, 6.07) is 7.35. The summed E-state index contributed by atoms with van der Waals surface area (Å²) in [5, 5.41) is 3.76. The van der Waals surface area contributed by atoms with E-state index < -0.39 is 14.6 Å². The number of hydrogen-bond acceptors (Lipinski definition) is 4. The lowest BCUT2D eigenvalue weighted by Gasteiger charge is -2.36. The standard InChI is InChI=1S/C20H31ClN4O3S/c1-20(2,3)29(27,28)13-8-23-19(22-4)25-11-9-24(10-12-25)18(26)15-16-6-5-7-17(21)14-16/h5-7,14H,8-13,15H2,1-4H3,(H,22,23). The molecule has 9 heteroatoms. The second kappa shape index (κ2) is 9.80. The number of nitrogens with one attached hydrogen (secondary N) is 1. The number of nitrogens with zero attached hydrogens (tertiary/aromatic N) is 3. The molecule has 1 heterocycles. The molecule has 1 amide bonds. The van der Waals surface area contributed by atoms with Crippen LogP contribution in [-0.4, -0.2) is 80.4 Å². The number of halogens is 1. The minimum absolute atomic E-state index is 0.0492. The van der Waals surface area contributed by atoms with Crippen LogP contribution >= 0.6 is 11.6 Å². The largest absolute Gasteiger partial charge is 0.355 e. The quantitative estimate of drug-likeness (QED) is 0.555. The zero-order chi connectivity index (χ0) is 21.7. The van der Waals surface area contributed by atoms with Gasteiger partial charge in [-0.2, -0.15) is 0 Å². The Bertz CT molecular complexity index is 842. The van der Waals surface area contributed by atoms with Gasteiger partial charge in [0.05, 0.1) is 16.9 Å². The van der Waals surface area contributed by atoms with Gasteiger partial charge in [0.1, 0.15) is 0 Å². The van der Waals surface area contributed by atoms with Crippen LogP contribution in [0.3, 0.4) is 0 Å². The summed E-state index contributed by atoms with van der Waals surface area (Å²) < 4.78 is 23.7. The van der Waals surface area contributed by atoms with Crippen molar-refractivity contribution in [2.75, 3.05) is 45.5 Å². The zero-order valence-corrected chi connectivity index (χ0v) is 19.2. The second-order valence-corrected chi connectivity index (χ2v) is 11.4. The number of amides is 1. The van der Waals surface area contributed by atoms with Gasteiger partial charge in [-0.15, -0.1) is 0 Å². The molecule has 1 fully saturated rings. The molecule has 1 aliphatic rings. The maximum Gasteiger partial charge on any atom is 0.227 e. The molecular weight excluding hydrogens is 412 g/mol. The fourth-order valence-corrected chi connectivity index (χ4v) is 4.23. The molecule has 0 bridgehead atoms. The normalized spacial score (nSPS) is 16.1. The molecule has 0 unspecified atom stereocenters. The highest BCUT2D eigenvalue weighted by atomic mass is 35.5. The molecular formula is C20H31ClN4O3S. The van der Waals surface area contributed by atoms with Crippen LogP contribution in [0.5, 0.6) is 0 Å². The summed E-state index contributed by atoms with van der Waals surface area (Å²) in [6.45, 7) is 7.91. The average molecular weight is 443 g/mol. The van der Waals surface area contributed by atoms with Crippen LogP contribution in [0.15, 0.2) is 29.3 Å². The molecule has 0 aromatic heterocycles. The molecule has 0 spiro atoms. The van der Waals surface area contributed by atoms with Crippen LogP contribution in [-0.2, 0) is 21.1 Å². The summed E-state index contributed by atoms with van der Waals surface area (Å²) in [4.78, 5) is 20.7. The minimum atomic E-state index is -3.18. The van der Waals surface area contributed by atoms with Crippen LogP contribution in [0.1, 0.15) is 26.3 Å². The van der Waals surface area contributed by atoms with E-state index in [1.54, 1.807) is 33.9 Å². The number of rotatable bonds is 5. The predicted octanol–water partition coefficient (Wildman–Crippen LogP) is 1.82. The van der Waals surface area contributed by atoms with Gasteiger partial charge < -0.3 is 15.1 Å². The Balaban J connectivity index is 1.83. The van der Waals surface area contributed by atoms with E-state index in [1.165, 1.54) is 0 Å². The first-order valence-electron chi connectivity index (χ1n) is 9.73. The molecule has 0 radical (unpaired) electrons. The summed E-state index contributed by atoms with van der Waals surface area (Å²) >= 11 is 5.99. The number of carbonyl (C=O) groups excluding carboxylic acids is 1. The van der Waals surface area contributed by atoms with Crippen molar-refractivity contribution in [3.63, 3.8) is 0 Å². The van der Waals surface area contributed by atoms with Gasteiger partial charge in [0, 0.05) is 44.8 Å². The van der Waals surface area contributed by atoms with Gasteiger partial charge >= 0.3 is 0 Å². The van der Waals surface area contributed by atoms with Crippen LogP contribution in [0.4, 0.5) is 0 Å². The lowest BCUT2D eigenvalue weighted by Crippen LogP contribution is -2.54. The first-order valence-corrected chi connectivity index (χ1v) is 11.8. The van der Waals surface area contributed by atoms with E-state index in [0.717, 1.165) is 5.56 Å². The monoisotopic (exact) mass is 442 g/mol. The maximum atomic E-state index is 12.6. The van der Waals surface area contributed by atoms with E-state index >= 15 is 0 Å². The van der Waals surface area contributed by atoms with Crippen molar-refractivity contribution in [3.05, 3.63) is 34.9 Å². The Morgan fingerprint density at radius 2 is 1.79 bits per heavy atom. The second-order valence-electron chi connectivity index (χ2n) is 8.08. The maximum absolute atomic E-state index is 12.6. The van der Waals surface area contributed by atoms with Crippen molar-refractivity contribution in [1.29, 1.82) is 0 Å². The van der Waals surface area contributed by atoms with Gasteiger partial charge in [-0.1, -0.05) is 23.7 Å². The lowest BCUT2D eigenvalue weighted by atomic mass is 10.1. The molecule has 0 aliphatic carbocycles. The number of sulfone groups is 1. The van der Waals surface area contributed by atoms with E-state index in [9.17, 15) is 13.2 Å². The van der Waals surface area contributed by atoms with Crippen molar-refractivity contribution in [3.8, 4) is 0 Å². The van der Waals surface area contributed by atoms with Crippen LogP contribution in [0.25, 0.3) is 0 Å². The summed E-state index contributed by atoms with van der Waals surface area (Å²) in [7, 11) is -1.51. The van der Waals surface area contributed by atoms with E-state index in [-0.39, 0.29) is 11.7 Å². The molecule has 0 atom stereocenters. The number of hydrogen-bond donors (Lipinski definition) is 1. The number of carbonyl (C=O) groups is 1. The van der Waals surface area contributed by atoms with E-state index in [0.29, 0.717) is 50.1 Å². The molecule has 1 aromatic carbocycles. The molecule has 1 N–H and O–H groups in total. The fourth-order valence-electron chi connectivity index (χ4n) is 3.04. The molecule has 1 saturated heterocycles. The van der Waals surface area contributed by atoms with Gasteiger partial charge in [0.25, 0.3) is 0 Å². The molecule has 1 aliphatic heterocycles. The van der Waals surface area contributed by atoms with Crippen LogP contribution in [0, 0.1) is 0 Å². The third-order valence-electron chi connectivity index (χ3n) is 4.98. The van der Waals surface area contributed by atoms with Crippen molar-refractivity contribution < 1.29 is 13.2 Å². The smallest absolute Gasteiger partial charge is 0.227 e. The van der Waals surface area contributed by atoms with Gasteiger partial charge in [-0.05, 0) is 38.5 Å². The van der Waals surface area contributed by atoms with E-state index in [4.69, 9.17) is 11.6 Å². The lowest BCUT2D eigenvalue weighted by molar-refractivity contribution is -0.131. The van der Waals surface area contributed by atoms with Crippen molar-refractivity contribution >= 4 is 33.3 Å². The average Bonchev–Trinajstić information content (AvgIpc) is 2.64. The van der Waals surface area contributed by atoms with Crippen LogP contribution in [0.2, 0.25) is 5.02 Å². The highest BCUT2D eigenvalue weighted by molar-refractivity contribution is 7.92. The number of piperazine rings is 1. The van der Waals surface area contributed by atoms with Crippen molar-refractivity contribution in [2.45, 2.75) is 31.9 Å². The Hall–Kier alpha value is -1.80. The third kappa shape index (κ3) is 6.60. The number of aliphatic imine (C=N–C) groups is 1. The fraction of sp³-hybridized carbons (Fsp3) is 0.600. The third-order valence-corrected chi connectivity index (χ3v) is 7.82. The molecule has 0 saturated carbocycles. The number of benzene rings is 1. The Morgan fingerprint density at radius 3 is 2.34 bits per heavy atom. The topological polar surface area (TPSA) is 82.1 Å². The van der Waals surface area contributed by atoms with E-state index in [1.807, 2.05) is 28.0 Å². The van der Waals surface area contributed by atoms with Gasteiger partial charge in [0.2, 0.25) is 5.91 Å². The van der Waals surface area contributed by atoms with Crippen LogP contribution < -0.4 is 5.32 Å². The van der Waals surface area contributed by atoms with Gasteiger partial charge in [-0.3, -0.25) is 9.79 Å². The molecule has 1 aromatic rings. The summed E-state index contributed by atoms with van der Waals surface area (Å²) in [6.07, 6.45) is 0.332. The molecule has 29 heavy (non-hydrogen) atoms. The Labute approximate surface area is 179 Å². The SMILES string of the molecule is CN=C(NCCS(=O)(=O)C(C)(C)C)N1CCN(C(=O)Cc2cccc(Cl)c2)CC1. The minimum Gasteiger partial charge on any atom is -0.355 e. The first-order chi connectivity index (χ1) is 13.5. The Morgan fingerprint density at radius 1 is 1.17 bits per heavy atom. The predicted molar refractivity (Wildman–Crippen MR) is 118 cm³/mol. The summed E-state index contributed by atoms with van der Waals surface area (Å²) in [5.41, 5.74) is 0.905. The highest BCUT2D eigenvalue weighted by Crippen LogP contribution is 2.15. The van der Waals surface area contributed by atoms with Crippen molar-refractivity contribution in [2.24, 2.45) is 4.99 Å². The molecule has 162 valence electrons. The Kier molecular flexibility index (Phi) is 7.94.